The summed E-state index contributed by atoms with van der Waals surface area (Å²) in [6.07, 6.45) is 2.45. The lowest BCUT2D eigenvalue weighted by atomic mass is 9.83. The van der Waals surface area contributed by atoms with E-state index < -0.39 is 8.32 Å². The fourth-order valence-corrected chi connectivity index (χ4v) is 7.20. The van der Waals surface area contributed by atoms with Gasteiger partial charge < -0.3 is 24.9 Å². The van der Waals surface area contributed by atoms with Crippen LogP contribution in [-0.4, -0.2) is 69.4 Å². The highest BCUT2D eigenvalue weighted by molar-refractivity contribution is 6.74. The largest absolute Gasteiger partial charge is 0.416 e. The van der Waals surface area contributed by atoms with Crippen LogP contribution in [0.4, 0.5) is 23.0 Å². The molecule has 0 unspecified atom stereocenters. The molecule has 0 saturated carbocycles. The van der Waals surface area contributed by atoms with Crippen LogP contribution in [0.1, 0.15) is 49.9 Å². The molecule has 2 aromatic carbocycles. The molecule has 0 saturated heterocycles. The molecule has 3 aromatic rings. The Hall–Kier alpha value is -3.49. The van der Waals surface area contributed by atoms with E-state index in [9.17, 15) is 10.1 Å². The summed E-state index contributed by atoms with van der Waals surface area (Å²) in [7, 11) is 1.80. The van der Waals surface area contributed by atoms with Crippen LogP contribution in [0.25, 0.3) is 11.3 Å². The van der Waals surface area contributed by atoms with Crippen molar-refractivity contribution in [1.29, 1.82) is 5.26 Å². The summed E-state index contributed by atoms with van der Waals surface area (Å²) in [5.41, 5.74) is 7.43. The number of carbonyl (C=O) groups excluding carboxylic acids is 1. The first kappa shape index (κ1) is 32.9. The average Bonchev–Trinajstić information content (AvgIpc) is 3.57. The van der Waals surface area contributed by atoms with E-state index in [1.54, 1.807) is 11.1 Å². The van der Waals surface area contributed by atoms with E-state index >= 15 is 0 Å². The molecular weight excluding hydrogens is 602 g/mol. The van der Waals surface area contributed by atoms with Gasteiger partial charge >= 0.3 is 0 Å². The number of benzene rings is 2. The molecule has 9 nitrogen and oxygen atoms in total. The van der Waals surface area contributed by atoms with Gasteiger partial charge in [0.1, 0.15) is 6.07 Å². The van der Waals surface area contributed by atoms with Crippen LogP contribution < -0.4 is 15.5 Å². The van der Waals surface area contributed by atoms with Gasteiger partial charge in [-0.25, -0.2) is 9.97 Å². The second-order valence-corrected chi connectivity index (χ2v) is 19.5. The number of fused-ring (bicyclic) bond motifs is 2. The highest BCUT2D eigenvalue weighted by atomic mass is 35.5. The van der Waals surface area contributed by atoms with Crippen molar-refractivity contribution in [3.63, 3.8) is 0 Å². The first-order chi connectivity index (χ1) is 21.0. The average molecular weight is 646 g/mol. The lowest BCUT2D eigenvalue weighted by molar-refractivity contribution is -0.119. The van der Waals surface area contributed by atoms with Crippen LogP contribution in [0.5, 0.6) is 0 Å². The van der Waals surface area contributed by atoms with Gasteiger partial charge in [-0.15, -0.1) is 0 Å². The molecule has 1 aromatic heterocycles. The summed E-state index contributed by atoms with van der Waals surface area (Å²) in [6, 6.07) is 10.1. The van der Waals surface area contributed by atoms with Crippen molar-refractivity contribution in [1.82, 2.24) is 14.9 Å². The number of nitrogens with zero attached hydrogens (tertiary/aromatic N) is 5. The maximum atomic E-state index is 12.9. The van der Waals surface area contributed by atoms with Crippen LogP contribution >= 0.6 is 11.6 Å². The van der Waals surface area contributed by atoms with Crippen molar-refractivity contribution in [3.05, 3.63) is 57.7 Å². The maximum absolute atomic E-state index is 12.9. The van der Waals surface area contributed by atoms with Gasteiger partial charge in [0.15, 0.2) is 8.32 Å². The van der Waals surface area contributed by atoms with Crippen LogP contribution in [0.15, 0.2) is 30.5 Å². The first-order valence-electron chi connectivity index (χ1n) is 15.4. The van der Waals surface area contributed by atoms with Gasteiger partial charge in [-0.1, -0.05) is 39.3 Å². The number of likely N-dealkylation sites (N-methyl/N-ethyl adjacent to an activating group) is 1. The second-order valence-electron chi connectivity index (χ2n) is 14.3. The molecule has 5 rings (SSSR count). The van der Waals surface area contributed by atoms with Gasteiger partial charge in [0.25, 0.3) is 0 Å². The number of amides is 1. The summed E-state index contributed by atoms with van der Waals surface area (Å²) in [5, 5.41) is 17.6. The number of nitriles is 1. The summed E-state index contributed by atoms with van der Waals surface area (Å²) < 4.78 is 6.68. The molecule has 238 valence electrons. The molecule has 0 radical (unpaired) electrons. The Kier molecular flexibility index (Phi) is 8.79. The van der Waals surface area contributed by atoms with E-state index in [-0.39, 0.29) is 16.4 Å². The van der Waals surface area contributed by atoms with Crippen molar-refractivity contribution in [2.24, 2.45) is 0 Å². The Balaban J connectivity index is 1.44. The highest BCUT2D eigenvalue weighted by Crippen LogP contribution is 2.45. The Bertz CT molecular complexity index is 1700. The standard InChI is InChI=1S/C34H44ClN7O2Si/c1-21-24-11-13-42(29(43)18-41(6)7)31(24)26(35)16-28(21)40-32-37-12-10-27(39-32)22-14-23(17-36)30-25(15-22)34(5,19-38-30)20-44-45(8,9)33(2,3)4/h10,12,14-16,38H,11,13,18-20H2,1-9H3,(H,37,39,40)/t34-/m1/s1. The SMILES string of the molecule is Cc1c(Nc2nccc(-c3cc(C#N)c4c(c3)[C@@](C)(CO[Si](C)(C)C(C)(C)C)CN4)n2)cc(Cl)c2c1CCN2C(=O)CN(C)C. The minimum atomic E-state index is -1.97. The van der Waals surface area contributed by atoms with Gasteiger partial charge in [-0.3, -0.25) is 4.79 Å². The van der Waals surface area contributed by atoms with Gasteiger partial charge in [-0.2, -0.15) is 5.26 Å². The van der Waals surface area contributed by atoms with E-state index in [4.69, 9.17) is 21.0 Å². The Morgan fingerprint density at radius 1 is 1.29 bits per heavy atom. The number of carbonyl (C=O) groups is 1. The minimum Gasteiger partial charge on any atom is -0.416 e. The number of halogens is 1. The molecule has 3 heterocycles. The number of anilines is 4. The minimum absolute atomic E-state index is 0.0285. The first-order valence-corrected chi connectivity index (χ1v) is 18.7. The molecule has 0 spiro atoms. The predicted octanol–water partition coefficient (Wildman–Crippen LogP) is 6.88. The second kappa shape index (κ2) is 12.0. The van der Waals surface area contributed by atoms with Crippen molar-refractivity contribution < 1.29 is 9.22 Å². The monoisotopic (exact) mass is 645 g/mol. The molecule has 2 aliphatic rings. The summed E-state index contributed by atoms with van der Waals surface area (Å²) in [5.74, 6) is 0.451. The van der Waals surface area contributed by atoms with Gasteiger partial charge in [0.2, 0.25) is 11.9 Å². The molecule has 11 heteroatoms. The normalized spacial score (nSPS) is 17.6. The quantitative estimate of drug-likeness (QED) is 0.256. The highest BCUT2D eigenvalue weighted by Gasteiger charge is 2.42. The lowest BCUT2D eigenvalue weighted by Gasteiger charge is -2.39. The van der Waals surface area contributed by atoms with Crippen LogP contribution in [0.2, 0.25) is 23.2 Å². The lowest BCUT2D eigenvalue weighted by Crippen LogP contribution is -2.45. The zero-order valence-electron chi connectivity index (χ0n) is 27.9. The fourth-order valence-electron chi connectivity index (χ4n) is 5.76. The summed E-state index contributed by atoms with van der Waals surface area (Å²) in [6.45, 7) is 17.7. The zero-order chi connectivity index (χ0) is 32.9. The summed E-state index contributed by atoms with van der Waals surface area (Å²) in [4.78, 5) is 25.9. The third-order valence-corrected chi connectivity index (χ3v) is 14.3. The van der Waals surface area contributed by atoms with E-state index in [0.717, 1.165) is 45.7 Å². The molecule has 1 atom stereocenters. The predicted molar refractivity (Wildman–Crippen MR) is 185 cm³/mol. The van der Waals surface area contributed by atoms with E-state index in [1.165, 1.54) is 0 Å². The Morgan fingerprint density at radius 2 is 2.02 bits per heavy atom. The van der Waals surface area contributed by atoms with Crippen molar-refractivity contribution in [2.75, 3.05) is 55.9 Å². The number of hydrogen-bond donors (Lipinski definition) is 2. The zero-order valence-corrected chi connectivity index (χ0v) is 29.6. The van der Waals surface area contributed by atoms with Crippen molar-refractivity contribution in [3.8, 4) is 17.3 Å². The van der Waals surface area contributed by atoms with Gasteiger partial charge in [0, 0.05) is 42.6 Å². The van der Waals surface area contributed by atoms with Crippen LogP contribution in [-0.2, 0) is 21.1 Å². The topological polar surface area (TPSA) is 106 Å². The number of rotatable bonds is 8. The number of hydrogen-bond acceptors (Lipinski definition) is 8. The van der Waals surface area contributed by atoms with Crippen molar-refractivity contribution >= 4 is 48.8 Å². The molecule has 1 amide bonds. The van der Waals surface area contributed by atoms with Gasteiger partial charge in [0.05, 0.1) is 34.2 Å². The number of nitrogens with one attached hydrogen (secondary N) is 2. The molecule has 2 aliphatic heterocycles. The molecule has 0 bridgehead atoms. The maximum Gasteiger partial charge on any atom is 0.241 e. The third kappa shape index (κ3) is 6.32. The molecule has 2 N–H and O–H groups in total. The van der Waals surface area contributed by atoms with E-state index in [1.807, 2.05) is 44.1 Å². The van der Waals surface area contributed by atoms with E-state index in [0.29, 0.717) is 48.5 Å². The Labute approximate surface area is 273 Å². The smallest absolute Gasteiger partial charge is 0.241 e. The van der Waals surface area contributed by atoms with Crippen molar-refractivity contribution in [2.45, 2.75) is 64.6 Å². The summed E-state index contributed by atoms with van der Waals surface area (Å²) >= 11 is 6.78. The molecular formula is C34H44ClN7O2Si. The third-order valence-electron chi connectivity index (χ3n) is 9.57. The Morgan fingerprint density at radius 3 is 2.69 bits per heavy atom. The molecule has 45 heavy (non-hydrogen) atoms. The van der Waals surface area contributed by atoms with Crippen LogP contribution in [0, 0.1) is 18.3 Å². The van der Waals surface area contributed by atoms with E-state index in [2.05, 4.69) is 68.5 Å². The van der Waals surface area contributed by atoms with Gasteiger partial charge in [-0.05, 0) is 86.5 Å². The number of aromatic nitrogens is 2. The molecule has 0 aliphatic carbocycles. The molecule has 0 fully saturated rings. The van der Waals surface area contributed by atoms with Crippen LogP contribution in [0.3, 0.4) is 0 Å². The fraction of sp³-hybridized carbons (Fsp3) is 0.471.